The van der Waals surface area contributed by atoms with Crippen molar-refractivity contribution in [2.75, 3.05) is 20.3 Å². The Balaban J connectivity index is 2.00. The number of nitrogens with one attached hydrogen (secondary N) is 1. The molecule has 0 spiro atoms. The first-order chi connectivity index (χ1) is 9.22. The number of aromatic nitrogens is 2. The van der Waals surface area contributed by atoms with Crippen LogP contribution in [0.1, 0.15) is 6.92 Å². The molecule has 0 aromatic carbocycles. The van der Waals surface area contributed by atoms with Crippen molar-refractivity contribution in [3.05, 3.63) is 17.8 Å². The van der Waals surface area contributed by atoms with Gasteiger partial charge in [-0.15, -0.1) is 11.3 Å². The summed E-state index contributed by atoms with van der Waals surface area (Å²) in [6.45, 7) is 2.91. The molecule has 102 valence electrons. The summed E-state index contributed by atoms with van der Waals surface area (Å²) in [5.74, 6) is -0.0101. The van der Waals surface area contributed by atoms with Crippen molar-refractivity contribution in [1.29, 1.82) is 0 Å². The lowest BCUT2D eigenvalue weighted by molar-refractivity contribution is -0.120. The molecule has 5 nitrogen and oxygen atoms in total. The van der Waals surface area contributed by atoms with E-state index in [1.54, 1.807) is 18.4 Å². The number of hydrogen-bond acceptors (Lipinski definition) is 6. The van der Waals surface area contributed by atoms with E-state index >= 15 is 0 Å². The number of amides is 1. The highest BCUT2D eigenvalue weighted by molar-refractivity contribution is 8.00. The molecule has 1 atom stereocenters. The largest absolute Gasteiger partial charge is 0.383 e. The Kier molecular flexibility index (Phi) is 5.12. The minimum atomic E-state index is -0.199. The second kappa shape index (κ2) is 6.83. The lowest BCUT2D eigenvalue weighted by Gasteiger charge is -2.11. The average molecular weight is 297 g/mol. The van der Waals surface area contributed by atoms with E-state index < -0.39 is 0 Å². The molecule has 1 N–H and O–H groups in total. The molecule has 0 saturated heterocycles. The molecule has 0 radical (unpaired) electrons. The van der Waals surface area contributed by atoms with Gasteiger partial charge in [0.25, 0.3) is 0 Å². The second-order valence-electron chi connectivity index (χ2n) is 3.86. The molecule has 0 aliphatic heterocycles. The number of thiophene rings is 1. The van der Waals surface area contributed by atoms with E-state index in [4.69, 9.17) is 4.74 Å². The zero-order chi connectivity index (χ0) is 13.7. The summed E-state index contributed by atoms with van der Waals surface area (Å²) in [7, 11) is 1.61. The Labute approximate surface area is 119 Å². The smallest absolute Gasteiger partial charge is 0.233 e. The third-order valence-electron chi connectivity index (χ3n) is 2.49. The van der Waals surface area contributed by atoms with Crippen molar-refractivity contribution >= 4 is 39.2 Å². The Hall–Kier alpha value is -1.18. The van der Waals surface area contributed by atoms with Crippen LogP contribution in [-0.4, -0.2) is 41.4 Å². The number of carbonyl (C=O) groups excluding carboxylic acids is 1. The maximum Gasteiger partial charge on any atom is 0.233 e. The molecule has 0 bridgehead atoms. The molecule has 7 heteroatoms. The van der Waals surface area contributed by atoms with Crippen LogP contribution in [0.3, 0.4) is 0 Å². The fourth-order valence-corrected chi connectivity index (χ4v) is 3.22. The first-order valence-electron chi connectivity index (χ1n) is 5.84. The van der Waals surface area contributed by atoms with Crippen molar-refractivity contribution in [3.8, 4) is 0 Å². The molecule has 2 aromatic heterocycles. The van der Waals surface area contributed by atoms with Crippen LogP contribution < -0.4 is 5.32 Å². The second-order valence-corrected chi connectivity index (χ2v) is 6.09. The molecule has 0 aliphatic carbocycles. The summed E-state index contributed by atoms with van der Waals surface area (Å²) in [5.41, 5.74) is 0. The number of thioether (sulfide) groups is 1. The normalized spacial score (nSPS) is 12.5. The molecule has 0 fully saturated rings. The van der Waals surface area contributed by atoms with E-state index in [0.29, 0.717) is 13.2 Å². The van der Waals surface area contributed by atoms with Crippen molar-refractivity contribution in [3.63, 3.8) is 0 Å². The third kappa shape index (κ3) is 3.65. The van der Waals surface area contributed by atoms with Crippen LogP contribution in [0, 0.1) is 0 Å². The van der Waals surface area contributed by atoms with Crippen LogP contribution in [0.2, 0.25) is 0 Å². The zero-order valence-electron chi connectivity index (χ0n) is 10.8. The number of nitrogens with zero attached hydrogens (tertiary/aromatic N) is 2. The molecule has 1 amide bonds. The van der Waals surface area contributed by atoms with Crippen LogP contribution in [0.4, 0.5) is 0 Å². The number of fused-ring (bicyclic) bond motifs is 1. The van der Waals surface area contributed by atoms with Gasteiger partial charge in [-0.05, 0) is 18.4 Å². The maximum absolute atomic E-state index is 11.9. The van der Waals surface area contributed by atoms with Gasteiger partial charge in [-0.3, -0.25) is 4.79 Å². The first-order valence-corrected chi connectivity index (χ1v) is 7.60. The highest BCUT2D eigenvalue weighted by Gasteiger charge is 2.16. The molecule has 2 heterocycles. The van der Waals surface area contributed by atoms with Gasteiger partial charge >= 0.3 is 0 Å². The van der Waals surface area contributed by atoms with Crippen LogP contribution in [0.15, 0.2) is 22.8 Å². The Morgan fingerprint density at radius 3 is 3.21 bits per heavy atom. The number of methoxy groups -OCH3 is 1. The van der Waals surface area contributed by atoms with Crippen LogP contribution >= 0.6 is 23.1 Å². The highest BCUT2D eigenvalue weighted by Crippen LogP contribution is 2.30. The maximum atomic E-state index is 11.9. The van der Waals surface area contributed by atoms with Crippen LogP contribution in [-0.2, 0) is 9.53 Å². The first kappa shape index (κ1) is 14.2. The number of hydrogen-bond donors (Lipinski definition) is 1. The van der Waals surface area contributed by atoms with Gasteiger partial charge in [0, 0.05) is 19.0 Å². The monoisotopic (exact) mass is 297 g/mol. The van der Waals surface area contributed by atoms with E-state index in [2.05, 4.69) is 15.3 Å². The van der Waals surface area contributed by atoms with Gasteiger partial charge < -0.3 is 10.1 Å². The van der Waals surface area contributed by atoms with Gasteiger partial charge in [0.2, 0.25) is 5.91 Å². The van der Waals surface area contributed by atoms with Crippen LogP contribution in [0.5, 0.6) is 0 Å². The standard InChI is InChI=1S/C12H15N3O2S2/c1-8(10(16)13-4-5-17-2)19-12-9-3-6-18-11(9)14-7-15-12/h3,6-8H,4-5H2,1-2H3,(H,13,16)/t8-/m0/s1. The molecular formula is C12H15N3O2S2. The average Bonchev–Trinajstić information content (AvgIpc) is 2.88. The fraction of sp³-hybridized carbons (Fsp3) is 0.417. The van der Waals surface area contributed by atoms with Crippen molar-refractivity contribution < 1.29 is 9.53 Å². The van der Waals surface area contributed by atoms with E-state index in [1.165, 1.54) is 18.1 Å². The summed E-state index contributed by atoms with van der Waals surface area (Å²) >= 11 is 3.02. The quantitative estimate of drug-likeness (QED) is 0.501. The predicted molar refractivity (Wildman–Crippen MR) is 77.6 cm³/mol. The van der Waals surface area contributed by atoms with Crippen molar-refractivity contribution in [2.45, 2.75) is 17.2 Å². The summed E-state index contributed by atoms with van der Waals surface area (Å²) < 4.78 is 4.90. The van der Waals surface area contributed by atoms with Crippen molar-refractivity contribution in [1.82, 2.24) is 15.3 Å². The van der Waals surface area contributed by atoms with Gasteiger partial charge in [0.05, 0.1) is 11.9 Å². The molecule has 2 rings (SSSR count). The topological polar surface area (TPSA) is 64.1 Å². The van der Waals surface area contributed by atoms with Gasteiger partial charge in [-0.25, -0.2) is 9.97 Å². The summed E-state index contributed by atoms with van der Waals surface area (Å²) in [4.78, 5) is 21.3. The number of carbonyl (C=O) groups is 1. The minimum Gasteiger partial charge on any atom is -0.383 e. The number of ether oxygens (including phenoxy) is 1. The SMILES string of the molecule is COCCNC(=O)[C@H](C)Sc1ncnc2sccc12. The Bertz CT molecular complexity index is 559. The Morgan fingerprint density at radius 2 is 2.42 bits per heavy atom. The van der Waals surface area contributed by atoms with E-state index in [9.17, 15) is 4.79 Å². The summed E-state index contributed by atoms with van der Waals surface area (Å²) in [6.07, 6.45) is 1.54. The predicted octanol–water partition coefficient (Wildman–Crippen LogP) is 1.93. The van der Waals surface area contributed by atoms with E-state index in [1.807, 2.05) is 18.4 Å². The van der Waals surface area contributed by atoms with Crippen molar-refractivity contribution in [2.24, 2.45) is 0 Å². The Morgan fingerprint density at radius 1 is 1.58 bits per heavy atom. The molecular weight excluding hydrogens is 282 g/mol. The number of rotatable bonds is 6. The lowest BCUT2D eigenvalue weighted by atomic mass is 10.4. The molecule has 0 aliphatic rings. The molecule has 0 saturated carbocycles. The fourth-order valence-electron chi connectivity index (χ4n) is 1.50. The highest BCUT2D eigenvalue weighted by atomic mass is 32.2. The van der Waals surface area contributed by atoms with Gasteiger partial charge in [-0.1, -0.05) is 11.8 Å². The molecule has 0 unspecified atom stereocenters. The third-order valence-corrected chi connectivity index (χ3v) is 4.43. The van der Waals surface area contributed by atoms with Crippen LogP contribution in [0.25, 0.3) is 10.2 Å². The van der Waals surface area contributed by atoms with Gasteiger partial charge in [-0.2, -0.15) is 0 Å². The minimum absolute atomic E-state index is 0.0101. The van der Waals surface area contributed by atoms with Gasteiger partial charge in [0.1, 0.15) is 16.2 Å². The van der Waals surface area contributed by atoms with Gasteiger partial charge in [0.15, 0.2) is 0 Å². The summed E-state index contributed by atoms with van der Waals surface area (Å²) in [6, 6.07) is 1.98. The van der Waals surface area contributed by atoms with E-state index in [-0.39, 0.29) is 11.2 Å². The molecule has 2 aromatic rings. The summed E-state index contributed by atoms with van der Waals surface area (Å²) in [5, 5.41) is 6.46. The zero-order valence-corrected chi connectivity index (χ0v) is 12.4. The lowest BCUT2D eigenvalue weighted by Crippen LogP contribution is -2.33. The molecule has 19 heavy (non-hydrogen) atoms. The van der Waals surface area contributed by atoms with E-state index in [0.717, 1.165) is 15.2 Å².